The van der Waals surface area contributed by atoms with Gasteiger partial charge in [-0.05, 0) is 35.3 Å². The van der Waals surface area contributed by atoms with Gasteiger partial charge in [-0.2, -0.15) is 0 Å². The molecule has 1 rings (SSSR count). The second-order valence-corrected chi connectivity index (χ2v) is 9.04. The normalized spacial score (nSPS) is 10.5. The lowest BCUT2D eigenvalue weighted by atomic mass is 10.4. The molecule has 1 aromatic rings. The van der Waals surface area contributed by atoms with E-state index in [1.54, 1.807) is 0 Å². The maximum absolute atomic E-state index is 3.91. The average Bonchev–Trinajstić information content (AvgIpc) is 2.47. The molecule has 0 heterocycles. The van der Waals surface area contributed by atoms with E-state index in [1.807, 2.05) is 24.3 Å². The van der Waals surface area contributed by atoms with Crippen LogP contribution in [0.25, 0.3) is 0 Å². The molecular formula is C18H24P2. The van der Waals surface area contributed by atoms with E-state index in [2.05, 4.69) is 50.6 Å². The van der Waals surface area contributed by atoms with Gasteiger partial charge in [0.25, 0.3) is 0 Å². The lowest BCUT2D eigenvalue weighted by molar-refractivity contribution is 1.65. The van der Waals surface area contributed by atoms with E-state index in [-0.39, 0.29) is 15.8 Å². The first-order chi connectivity index (χ1) is 9.78. The molecule has 106 valence electrons. The van der Waals surface area contributed by atoms with Crippen LogP contribution in [0, 0.1) is 0 Å². The Labute approximate surface area is 126 Å². The number of hydrogen-bond donors (Lipinski definition) is 0. The molecule has 20 heavy (non-hydrogen) atoms. The predicted molar refractivity (Wildman–Crippen MR) is 99.8 cm³/mol. The largest absolute Gasteiger partial charge is 0.103 e. The number of rotatable bonds is 10. The van der Waals surface area contributed by atoms with Gasteiger partial charge in [0.1, 0.15) is 0 Å². The number of benzene rings is 1. The summed E-state index contributed by atoms with van der Waals surface area (Å²) >= 11 is 0. The Morgan fingerprint density at radius 1 is 0.650 bits per heavy atom. The van der Waals surface area contributed by atoms with Gasteiger partial charge < -0.3 is 0 Å². The van der Waals surface area contributed by atoms with Gasteiger partial charge in [0, 0.05) is 0 Å². The molecular weight excluding hydrogens is 278 g/mol. The van der Waals surface area contributed by atoms with Crippen LogP contribution in [-0.4, -0.2) is 24.6 Å². The summed E-state index contributed by atoms with van der Waals surface area (Å²) in [6.45, 7) is 15.6. The summed E-state index contributed by atoms with van der Waals surface area (Å²) in [5, 5.41) is 3.02. The zero-order chi connectivity index (χ0) is 14.8. The van der Waals surface area contributed by atoms with Crippen LogP contribution in [0.1, 0.15) is 0 Å². The summed E-state index contributed by atoms with van der Waals surface area (Å²) in [7, 11) is -0.438. The SMILES string of the molecule is C=CCP(CC=C)c1ccccc1P(CC=C)CC=C. The van der Waals surface area contributed by atoms with Crippen LogP contribution in [-0.2, 0) is 0 Å². The highest BCUT2D eigenvalue weighted by atomic mass is 31.1. The Hall–Kier alpha value is -0.960. The summed E-state index contributed by atoms with van der Waals surface area (Å²) in [5.74, 6) is 0. The smallest absolute Gasteiger partial charge is 0.0104 e. The van der Waals surface area contributed by atoms with Crippen LogP contribution >= 0.6 is 15.8 Å². The number of allylic oxidation sites excluding steroid dienone is 4. The molecule has 0 nitrogen and oxygen atoms in total. The van der Waals surface area contributed by atoms with Crippen molar-refractivity contribution in [3.8, 4) is 0 Å². The monoisotopic (exact) mass is 302 g/mol. The van der Waals surface area contributed by atoms with Gasteiger partial charge >= 0.3 is 0 Å². The minimum absolute atomic E-state index is 0.219. The van der Waals surface area contributed by atoms with Crippen LogP contribution in [0.4, 0.5) is 0 Å². The van der Waals surface area contributed by atoms with Crippen molar-refractivity contribution < 1.29 is 0 Å². The molecule has 2 heteroatoms. The van der Waals surface area contributed by atoms with E-state index < -0.39 is 0 Å². The molecule has 0 amide bonds. The van der Waals surface area contributed by atoms with Crippen LogP contribution in [0.5, 0.6) is 0 Å². The van der Waals surface area contributed by atoms with Crippen molar-refractivity contribution in [2.45, 2.75) is 0 Å². The third-order valence-electron chi connectivity index (χ3n) is 2.96. The topological polar surface area (TPSA) is 0 Å². The molecule has 0 radical (unpaired) electrons. The number of hydrogen-bond acceptors (Lipinski definition) is 0. The van der Waals surface area contributed by atoms with Crippen molar-refractivity contribution in [2.75, 3.05) is 24.6 Å². The Morgan fingerprint density at radius 3 is 1.20 bits per heavy atom. The first-order valence-corrected chi connectivity index (χ1v) is 10.2. The second kappa shape index (κ2) is 9.87. The molecule has 0 aliphatic rings. The molecule has 0 saturated heterocycles. The molecule has 0 spiro atoms. The van der Waals surface area contributed by atoms with E-state index in [9.17, 15) is 0 Å². The van der Waals surface area contributed by atoms with Crippen molar-refractivity contribution in [3.05, 3.63) is 74.9 Å². The van der Waals surface area contributed by atoms with Crippen molar-refractivity contribution in [1.29, 1.82) is 0 Å². The highest BCUT2D eigenvalue weighted by Gasteiger charge is 2.17. The molecule has 0 saturated carbocycles. The van der Waals surface area contributed by atoms with Gasteiger partial charge in [0.15, 0.2) is 0 Å². The van der Waals surface area contributed by atoms with Crippen LogP contribution < -0.4 is 10.6 Å². The van der Waals surface area contributed by atoms with Crippen molar-refractivity contribution >= 4 is 26.5 Å². The van der Waals surface area contributed by atoms with Crippen LogP contribution in [0.2, 0.25) is 0 Å². The minimum Gasteiger partial charge on any atom is -0.103 e. The third-order valence-corrected chi connectivity index (χ3v) is 8.08. The lowest BCUT2D eigenvalue weighted by Crippen LogP contribution is -2.24. The summed E-state index contributed by atoms with van der Waals surface area (Å²) in [4.78, 5) is 0. The average molecular weight is 302 g/mol. The molecule has 0 aliphatic carbocycles. The van der Waals surface area contributed by atoms with Gasteiger partial charge in [-0.25, -0.2) is 0 Å². The van der Waals surface area contributed by atoms with Gasteiger partial charge in [-0.3, -0.25) is 0 Å². The molecule has 0 N–H and O–H groups in total. The molecule has 1 aromatic carbocycles. The fourth-order valence-electron chi connectivity index (χ4n) is 2.16. The third kappa shape index (κ3) is 4.86. The Bertz CT molecular complexity index is 399. The van der Waals surface area contributed by atoms with Gasteiger partial charge in [0.2, 0.25) is 0 Å². The highest BCUT2D eigenvalue weighted by Crippen LogP contribution is 2.40. The first-order valence-electron chi connectivity index (χ1n) is 6.81. The van der Waals surface area contributed by atoms with Gasteiger partial charge in [-0.1, -0.05) is 64.4 Å². The van der Waals surface area contributed by atoms with E-state index in [0.717, 1.165) is 24.6 Å². The maximum atomic E-state index is 3.91. The quantitative estimate of drug-likeness (QED) is 0.436. The molecule has 0 unspecified atom stereocenters. The van der Waals surface area contributed by atoms with Crippen LogP contribution in [0.3, 0.4) is 0 Å². The molecule has 0 aliphatic heterocycles. The summed E-state index contributed by atoms with van der Waals surface area (Å²) in [5.41, 5.74) is 0. The lowest BCUT2D eigenvalue weighted by Gasteiger charge is -2.23. The molecule has 0 fully saturated rings. The summed E-state index contributed by atoms with van der Waals surface area (Å²) in [6, 6.07) is 8.87. The van der Waals surface area contributed by atoms with Crippen molar-refractivity contribution in [1.82, 2.24) is 0 Å². The van der Waals surface area contributed by atoms with Gasteiger partial charge in [0.05, 0.1) is 0 Å². The van der Waals surface area contributed by atoms with E-state index >= 15 is 0 Å². The maximum Gasteiger partial charge on any atom is -0.0104 e. The molecule has 0 bridgehead atoms. The predicted octanol–water partition coefficient (Wildman–Crippen LogP) is 4.65. The molecule has 0 aromatic heterocycles. The zero-order valence-corrected chi connectivity index (χ0v) is 14.0. The highest BCUT2D eigenvalue weighted by molar-refractivity contribution is 7.72. The first kappa shape index (κ1) is 17.1. The van der Waals surface area contributed by atoms with E-state index in [4.69, 9.17) is 0 Å². The van der Waals surface area contributed by atoms with Gasteiger partial charge in [-0.15, -0.1) is 26.3 Å². The second-order valence-electron chi connectivity index (χ2n) is 4.45. The fourth-order valence-corrected chi connectivity index (χ4v) is 6.74. The summed E-state index contributed by atoms with van der Waals surface area (Å²) in [6.07, 6.45) is 12.4. The van der Waals surface area contributed by atoms with E-state index in [0.29, 0.717) is 0 Å². The summed E-state index contributed by atoms with van der Waals surface area (Å²) < 4.78 is 0. The van der Waals surface area contributed by atoms with E-state index in [1.165, 1.54) is 10.6 Å². The van der Waals surface area contributed by atoms with Crippen molar-refractivity contribution in [3.63, 3.8) is 0 Å². The Kier molecular flexibility index (Phi) is 8.43. The Morgan fingerprint density at radius 2 is 0.950 bits per heavy atom. The minimum atomic E-state index is -0.219. The zero-order valence-electron chi connectivity index (χ0n) is 12.2. The Balaban J connectivity index is 3.17. The van der Waals surface area contributed by atoms with Crippen LogP contribution in [0.15, 0.2) is 74.9 Å². The van der Waals surface area contributed by atoms with Crippen molar-refractivity contribution in [2.24, 2.45) is 0 Å². The standard InChI is InChI=1S/C18H24P2/c1-5-13-19(14-6-2)17-11-9-10-12-18(17)20(15-7-3)16-8-4/h5-12H,1-4,13-16H2. The fraction of sp³-hybridized carbons (Fsp3) is 0.222. The molecule has 0 atom stereocenters.